The summed E-state index contributed by atoms with van der Waals surface area (Å²) in [6.45, 7) is 0. The van der Waals surface area contributed by atoms with Gasteiger partial charge in [-0.3, -0.25) is 4.79 Å². The van der Waals surface area contributed by atoms with Crippen molar-refractivity contribution in [2.24, 2.45) is 0 Å². The topological polar surface area (TPSA) is 66.9 Å². The number of fused-ring (bicyclic) bond motifs is 1. The molecule has 0 spiro atoms. The summed E-state index contributed by atoms with van der Waals surface area (Å²) >= 11 is 0. The fourth-order valence-electron chi connectivity index (χ4n) is 3.25. The third-order valence-electron chi connectivity index (χ3n) is 4.80. The van der Waals surface area contributed by atoms with Gasteiger partial charge in [0.1, 0.15) is 18.0 Å². The molecule has 132 valence electrons. The van der Waals surface area contributed by atoms with Gasteiger partial charge in [-0.25, -0.2) is 14.4 Å². The Morgan fingerprint density at radius 1 is 1.19 bits per heavy atom. The zero-order valence-corrected chi connectivity index (χ0v) is 14.4. The highest BCUT2D eigenvalue weighted by molar-refractivity contribution is 6.00. The van der Waals surface area contributed by atoms with Gasteiger partial charge < -0.3 is 10.6 Å². The summed E-state index contributed by atoms with van der Waals surface area (Å²) in [5, 5.41) is 7.01. The van der Waals surface area contributed by atoms with Crippen LogP contribution in [0.3, 0.4) is 0 Å². The SMILES string of the molecule is CNc1ncnc2cc(C(=O)NC3(Cc4cccc(F)c4)CC3)ccc12. The monoisotopic (exact) mass is 350 g/mol. The number of carbonyl (C=O) groups is 1. The van der Waals surface area contributed by atoms with E-state index in [-0.39, 0.29) is 17.3 Å². The van der Waals surface area contributed by atoms with Gasteiger partial charge in [-0.1, -0.05) is 12.1 Å². The minimum Gasteiger partial charge on any atom is -0.373 e. The van der Waals surface area contributed by atoms with E-state index in [0.717, 1.165) is 29.6 Å². The van der Waals surface area contributed by atoms with Crippen LogP contribution in [0.25, 0.3) is 10.9 Å². The molecule has 0 aliphatic heterocycles. The molecule has 6 heteroatoms. The molecule has 5 nitrogen and oxygen atoms in total. The van der Waals surface area contributed by atoms with Gasteiger partial charge in [0, 0.05) is 23.5 Å². The van der Waals surface area contributed by atoms with Crippen LogP contribution in [0.1, 0.15) is 28.8 Å². The quantitative estimate of drug-likeness (QED) is 0.741. The Hall–Kier alpha value is -3.02. The van der Waals surface area contributed by atoms with Crippen molar-refractivity contribution in [2.75, 3.05) is 12.4 Å². The van der Waals surface area contributed by atoms with E-state index in [9.17, 15) is 9.18 Å². The molecule has 1 aliphatic rings. The summed E-state index contributed by atoms with van der Waals surface area (Å²) in [4.78, 5) is 21.1. The molecule has 1 amide bonds. The second-order valence-electron chi connectivity index (χ2n) is 6.75. The van der Waals surface area contributed by atoms with Crippen molar-refractivity contribution in [3.63, 3.8) is 0 Å². The van der Waals surface area contributed by atoms with E-state index in [1.54, 1.807) is 25.2 Å². The molecule has 1 aromatic heterocycles. The molecular weight excluding hydrogens is 331 g/mol. The van der Waals surface area contributed by atoms with Crippen LogP contribution >= 0.6 is 0 Å². The molecule has 2 N–H and O–H groups in total. The van der Waals surface area contributed by atoms with E-state index >= 15 is 0 Å². The fraction of sp³-hybridized carbons (Fsp3) is 0.250. The molecule has 0 atom stereocenters. The number of carbonyl (C=O) groups excluding carboxylic acids is 1. The number of amides is 1. The highest BCUT2D eigenvalue weighted by Crippen LogP contribution is 2.39. The molecule has 1 aliphatic carbocycles. The van der Waals surface area contributed by atoms with Crippen molar-refractivity contribution in [1.29, 1.82) is 0 Å². The number of hydrogen-bond donors (Lipinski definition) is 2. The Balaban J connectivity index is 1.53. The molecule has 3 aromatic rings. The Bertz CT molecular complexity index is 984. The minimum absolute atomic E-state index is 0.134. The summed E-state index contributed by atoms with van der Waals surface area (Å²) < 4.78 is 13.4. The standard InChI is InChI=1S/C20H19FN4O/c1-22-18-16-6-5-14(10-17(16)23-12-24-18)19(26)25-20(7-8-20)11-13-3-2-4-15(21)9-13/h2-6,9-10,12H,7-8,11H2,1H3,(H,25,26)(H,22,23,24). The van der Waals surface area contributed by atoms with Crippen LogP contribution in [-0.4, -0.2) is 28.5 Å². The number of anilines is 1. The Morgan fingerprint density at radius 3 is 2.77 bits per heavy atom. The number of hydrogen-bond acceptors (Lipinski definition) is 4. The van der Waals surface area contributed by atoms with E-state index in [4.69, 9.17) is 0 Å². The van der Waals surface area contributed by atoms with Gasteiger partial charge in [0.2, 0.25) is 0 Å². The number of nitrogens with one attached hydrogen (secondary N) is 2. The van der Waals surface area contributed by atoms with E-state index in [2.05, 4.69) is 20.6 Å². The average Bonchev–Trinajstić information content (AvgIpc) is 3.39. The van der Waals surface area contributed by atoms with Crippen LogP contribution in [0.5, 0.6) is 0 Å². The number of nitrogens with zero attached hydrogens (tertiary/aromatic N) is 2. The minimum atomic E-state index is -0.276. The second-order valence-corrected chi connectivity index (χ2v) is 6.75. The van der Waals surface area contributed by atoms with Gasteiger partial charge in [0.25, 0.3) is 5.91 Å². The molecule has 26 heavy (non-hydrogen) atoms. The molecule has 1 heterocycles. The maximum Gasteiger partial charge on any atom is 0.251 e. The van der Waals surface area contributed by atoms with Crippen molar-refractivity contribution in [2.45, 2.75) is 24.8 Å². The van der Waals surface area contributed by atoms with E-state index in [1.165, 1.54) is 18.5 Å². The smallest absolute Gasteiger partial charge is 0.251 e. The molecule has 1 fully saturated rings. The van der Waals surface area contributed by atoms with Crippen molar-refractivity contribution in [1.82, 2.24) is 15.3 Å². The summed E-state index contributed by atoms with van der Waals surface area (Å²) in [7, 11) is 1.80. The van der Waals surface area contributed by atoms with Crippen molar-refractivity contribution >= 4 is 22.6 Å². The lowest BCUT2D eigenvalue weighted by molar-refractivity contribution is 0.0931. The summed E-state index contributed by atoms with van der Waals surface area (Å²) in [6.07, 6.45) is 3.90. The molecule has 1 saturated carbocycles. The van der Waals surface area contributed by atoms with Crippen LogP contribution in [0, 0.1) is 5.82 Å². The Morgan fingerprint density at radius 2 is 2.04 bits per heavy atom. The van der Waals surface area contributed by atoms with Gasteiger partial charge in [-0.2, -0.15) is 0 Å². The normalized spacial score (nSPS) is 14.8. The van der Waals surface area contributed by atoms with Crippen LogP contribution in [0.4, 0.5) is 10.2 Å². The zero-order chi connectivity index (χ0) is 18.1. The molecule has 2 aromatic carbocycles. The summed E-state index contributed by atoms with van der Waals surface area (Å²) in [5.41, 5.74) is 1.89. The van der Waals surface area contributed by atoms with Gasteiger partial charge >= 0.3 is 0 Å². The predicted octanol–water partition coefficient (Wildman–Crippen LogP) is 3.32. The number of aromatic nitrogens is 2. The van der Waals surface area contributed by atoms with Gasteiger partial charge in [0.15, 0.2) is 0 Å². The van der Waals surface area contributed by atoms with Crippen LogP contribution < -0.4 is 10.6 Å². The van der Waals surface area contributed by atoms with Gasteiger partial charge in [0.05, 0.1) is 5.52 Å². The lowest BCUT2D eigenvalue weighted by Gasteiger charge is -2.18. The van der Waals surface area contributed by atoms with Crippen LogP contribution in [-0.2, 0) is 6.42 Å². The van der Waals surface area contributed by atoms with Gasteiger partial charge in [-0.05, 0) is 55.2 Å². The third kappa shape index (κ3) is 3.22. The van der Waals surface area contributed by atoms with Crippen LogP contribution in [0.2, 0.25) is 0 Å². The fourth-order valence-corrected chi connectivity index (χ4v) is 3.25. The summed E-state index contributed by atoms with van der Waals surface area (Å²) in [5.74, 6) is 0.344. The summed E-state index contributed by atoms with van der Waals surface area (Å²) in [6, 6.07) is 11.9. The van der Waals surface area contributed by atoms with Crippen LogP contribution in [0.15, 0.2) is 48.8 Å². The zero-order valence-electron chi connectivity index (χ0n) is 14.4. The molecular formula is C20H19FN4O. The van der Waals surface area contributed by atoms with E-state index < -0.39 is 0 Å². The average molecular weight is 350 g/mol. The van der Waals surface area contributed by atoms with Crippen molar-refractivity contribution in [3.05, 3.63) is 65.7 Å². The first-order chi connectivity index (χ1) is 12.6. The highest BCUT2D eigenvalue weighted by atomic mass is 19.1. The molecule has 0 unspecified atom stereocenters. The number of halogens is 1. The number of rotatable bonds is 5. The first-order valence-electron chi connectivity index (χ1n) is 8.58. The molecule has 0 saturated heterocycles. The van der Waals surface area contributed by atoms with Crippen molar-refractivity contribution < 1.29 is 9.18 Å². The third-order valence-corrected chi connectivity index (χ3v) is 4.80. The molecule has 4 rings (SSSR count). The first-order valence-corrected chi connectivity index (χ1v) is 8.58. The van der Waals surface area contributed by atoms with Gasteiger partial charge in [-0.15, -0.1) is 0 Å². The van der Waals surface area contributed by atoms with E-state index in [1.807, 2.05) is 12.1 Å². The first kappa shape index (κ1) is 16.4. The Kier molecular flexibility index (Phi) is 4.03. The predicted molar refractivity (Wildman–Crippen MR) is 98.6 cm³/mol. The Labute approximate surface area is 150 Å². The maximum absolute atomic E-state index is 13.4. The number of benzene rings is 2. The lowest BCUT2D eigenvalue weighted by atomic mass is 10.0. The highest BCUT2D eigenvalue weighted by Gasteiger charge is 2.44. The maximum atomic E-state index is 13.4. The molecule has 0 radical (unpaired) electrons. The second kappa shape index (κ2) is 6.37. The van der Waals surface area contributed by atoms with Crippen molar-refractivity contribution in [3.8, 4) is 0 Å². The lowest BCUT2D eigenvalue weighted by Crippen LogP contribution is -2.38. The largest absolute Gasteiger partial charge is 0.373 e. The van der Waals surface area contributed by atoms with E-state index in [0.29, 0.717) is 17.5 Å². The molecule has 0 bridgehead atoms.